The van der Waals surface area contributed by atoms with Gasteiger partial charge in [0.05, 0.1) is 19.4 Å². The molecule has 1 aliphatic rings. The Morgan fingerprint density at radius 1 is 1.25 bits per heavy atom. The number of carboxylic acid groups (broad SMARTS) is 1. The average molecular weight is 411 g/mol. The molecule has 0 saturated carbocycles. The zero-order valence-electron chi connectivity index (χ0n) is 14.7. The Hall–Kier alpha value is -2.02. The van der Waals surface area contributed by atoms with E-state index in [0.717, 1.165) is 9.58 Å². The van der Waals surface area contributed by atoms with Gasteiger partial charge in [-0.2, -0.15) is 0 Å². The Bertz CT molecular complexity index is 775. The summed E-state index contributed by atoms with van der Waals surface area (Å²) < 4.78 is 12.4. The van der Waals surface area contributed by atoms with Gasteiger partial charge >= 0.3 is 5.97 Å². The number of aliphatic hydroxyl groups excluding tert-OH is 3. The Balaban J connectivity index is 1.66. The molecular weight excluding hydrogens is 390 g/mol. The molecule has 0 unspecified atom stereocenters. The van der Waals surface area contributed by atoms with E-state index in [1.165, 1.54) is 18.0 Å². The van der Waals surface area contributed by atoms with Gasteiger partial charge in [0, 0.05) is 4.90 Å². The number of aliphatic carboxylic acids is 1. The molecule has 5 atom stereocenters. The quantitative estimate of drug-likeness (QED) is 0.447. The van der Waals surface area contributed by atoms with E-state index in [1.807, 2.05) is 30.3 Å². The fourth-order valence-corrected chi connectivity index (χ4v) is 3.86. The Kier molecular flexibility index (Phi) is 6.99. The number of thioether (sulfide) groups is 1. The van der Waals surface area contributed by atoms with Gasteiger partial charge in [-0.05, 0) is 12.1 Å². The van der Waals surface area contributed by atoms with E-state index in [-0.39, 0.29) is 13.2 Å². The van der Waals surface area contributed by atoms with Crippen LogP contribution in [0.5, 0.6) is 0 Å². The minimum atomic E-state index is -1.25. The highest BCUT2D eigenvalue weighted by atomic mass is 32.2. The summed E-state index contributed by atoms with van der Waals surface area (Å²) in [5.41, 5.74) is -0.407. The highest BCUT2D eigenvalue weighted by Crippen LogP contribution is 2.34. The van der Waals surface area contributed by atoms with E-state index in [4.69, 9.17) is 14.6 Å². The van der Waals surface area contributed by atoms with Crippen molar-refractivity contribution in [2.45, 2.75) is 47.9 Å². The summed E-state index contributed by atoms with van der Waals surface area (Å²) in [6.45, 7) is -0.869. The first-order chi connectivity index (χ1) is 13.5. The second kappa shape index (κ2) is 9.45. The van der Waals surface area contributed by atoms with E-state index in [9.17, 15) is 20.1 Å². The molecule has 4 N–H and O–H groups in total. The van der Waals surface area contributed by atoms with E-state index >= 15 is 0 Å². The van der Waals surface area contributed by atoms with Crippen molar-refractivity contribution in [1.82, 2.24) is 15.0 Å². The lowest BCUT2D eigenvalue weighted by atomic mass is 10.00. The number of carboxylic acids is 1. The minimum Gasteiger partial charge on any atom is -0.480 e. The number of aromatic nitrogens is 3. The van der Waals surface area contributed by atoms with Gasteiger partial charge in [0.2, 0.25) is 0 Å². The van der Waals surface area contributed by atoms with Crippen LogP contribution in [-0.4, -0.2) is 77.8 Å². The average Bonchev–Trinajstić information content (AvgIpc) is 3.11. The molecular formula is C17H21N3O7S. The number of hydrogen-bond donors (Lipinski definition) is 4. The van der Waals surface area contributed by atoms with Crippen LogP contribution in [0.1, 0.15) is 5.69 Å². The van der Waals surface area contributed by atoms with Gasteiger partial charge in [-0.3, -0.25) is 4.79 Å². The van der Waals surface area contributed by atoms with Crippen molar-refractivity contribution in [1.29, 1.82) is 0 Å². The molecule has 0 bridgehead atoms. The summed E-state index contributed by atoms with van der Waals surface area (Å²) in [4.78, 5) is 11.6. The van der Waals surface area contributed by atoms with E-state index in [0.29, 0.717) is 5.69 Å². The number of rotatable bonds is 8. The molecule has 0 spiro atoms. The summed E-state index contributed by atoms with van der Waals surface area (Å²) >= 11 is 1.26. The Morgan fingerprint density at radius 3 is 2.68 bits per heavy atom. The number of nitrogens with zero attached hydrogens (tertiary/aromatic N) is 3. The first-order valence-electron chi connectivity index (χ1n) is 8.54. The summed E-state index contributed by atoms with van der Waals surface area (Å²) in [5.74, 6) is -1.06. The Morgan fingerprint density at radius 2 is 2.00 bits per heavy atom. The normalized spacial score (nSPS) is 27.6. The van der Waals surface area contributed by atoms with Gasteiger partial charge in [-0.1, -0.05) is 35.2 Å². The maximum absolute atomic E-state index is 10.7. The molecule has 28 heavy (non-hydrogen) atoms. The van der Waals surface area contributed by atoms with Crippen molar-refractivity contribution < 1.29 is 34.7 Å². The molecule has 1 aromatic carbocycles. The largest absolute Gasteiger partial charge is 0.480 e. The number of benzene rings is 1. The lowest BCUT2D eigenvalue weighted by Gasteiger charge is -2.41. The zero-order valence-corrected chi connectivity index (χ0v) is 15.6. The van der Waals surface area contributed by atoms with Crippen molar-refractivity contribution in [3.63, 3.8) is 0 Å². The molecule has 0 aliphatic carbocycles. The second-order valence-electron chi connectivity index (χ2n) is 6.21. The van der Waals surface area contributed by atoms with Gasteiger partial charge in [0.25, 0.3) is 0 Å². The van der Waals surface area contributed by atoms with Crippen molar-refractivity contribution in [2.24, 2.45) is 0 Å². The van der Waals surface area contributed by atoms with Crippen LogP contribution in [0.25, 0.3) is 0 Å². The van der Waals surface area contributed by atoms with Crippen molar-refractivity contribution in [3.8, 4) is 0 Å². The molecule has 1 aliphatic heterocycles. The summed E-state index contributed by atoms with van der Waals surface area (Å²) in [7, 11) is 0. The molecule has 1 fully saturated rings. The van der Waals surface area contributed by atoms with Crippen LogP contribution < -0.4 is 0 Å². The first-order valence-corrected chi connectivity index (χ1v) is 9.42. The lowest BCUT2D eigenvalue weighted by molar-refractivity contribution is -0.223. The third kappa shape index (κ3) is 5.07. The molecule has 11 heteroatoms. The summed E-state index contributed by atoms with van der Waals surface area (Å²) in [5, 5.41) is 46.8. The third-order valence-corrected chi connectivity index (χ3v) is 5.29. The summed E-state index contributed by atoms with van der Waals surface area (Å²) in [6.07, 6.45) is -2.96. The molecule has 1 saturated heterocycles. The van der Waals surface area contributed by atoms with Crippen molar-refractivity contribution in [2.75, 3.05) is 6.61 Å². The molecule has 1 aromatic heterocycles. The highest BCUT2D eigenvalue weighted by molar-refractivity contribution is 7.99. The van der Waals surface area contributed by atoms with Crippen LogP contribution in [0.3, 0.4) is 0 Å². The van der Waals surface area contributed by atoms with Gasteiger partial charge in [-0.15, -0.1) is 5.10 Å². The summed E-state index contributed by atoms with van der Waals surface area (Å²) in [6, 6.07) is 9.29. The van der Waals surface area contributed by atoms with Gasteiger partial charge in [0.15, 0.2) is 0 Å². The molecule has 0 radical (unpaired) electrons. The van der Waals surface area contributed by atoms with Crippen LogP contribution in [0.2, 0.25) is 0 Å². The molecule has 0 amide bonds. The van der Waals surface area contributed by atoms with Crippen LogP contribution in [-0.2, 0) is 27.4 Å². The number of carbonyl (C=O) groups is 1. The monoisotopic (exact) mass is 411 g/mol. The molecule has 2 aromatic rings. The molecule has 10 nitrogen and oxygen atoms in total. The lowest BCUT2D eigenvalue weighted by Crippen LogP contribution is -2.58. The predicted octanol–water partition coefficient (Wildman–Crippen LogP) is -0.521. The SMILES string of the molecule is O=C(O)Cn1cc(CO[C@H]2[C@@H](O)[C@@H](CO)O[C@@H](Sc3ccccc3)[C@@H]2O)nn1. The number of aliphatic hydroxyl groups is 3. The maximum Gasteiger partial charge on any atom is 0.325 e. The predicted molar refractivity (Wildman–Crippen MR) is 96.3 cm³/mol. The van der Waals surface area contributed by atoms with Crippen LogP contribution >= 0.6 is 11.8 Å². The minimum absolute atomic E-state index is 0.0979. The standard InChI is InChI=1S/C17H21N3O7S/c21-8-12-14(24)16(26-9-10-6-20(19-18-10)7-13(22)23)15(25)17(27-12)28-11-4-2-1-3-5-11/h1-6,12,14-17,21,24-25H,7-9H2,(H,22,23)/t12-,14+,15-,16+,17+/m1/s1. The van der Waals surface area contributed by atoms with Crippen molar-refractivity contribution >= 4 is 17.7 Å². The van der Waals surface area contributed by atoms with Crippen LogP contribution in [0.15, 0.2) is 41.4 Å². The fraction of sp³-hybridized carbons (Fsp3) is 0.471. The first kappa shape index (κ1) is 20.7. The highest BCUT2D eigenvalue weighted by Gasteiger charge is 2.45. The topological polar surface area (TPSA) is 147 Å². The van der Waals surface area contributed by atoms with E-state index < -0.39 is 42.4 Å². The van der Waals surface area contributed by atoms with Gasteiger partial charge in [0.1, 0.15) is 42.1 Å². The third-order valence-electron chi connectivity index (χ3n) is 4.12. The van der Waals surface area contributed by atoms with Crippen LogP contribution in [0.4, 0.5) is 0 Å². The van der Waals surface area contributed by atoms with Crippen molar-refractivity contribution in [3.05, 3.63) is 42.2 Å². The Labute approximate surface area is 164 Å². The second-order valence-corrected chi connectivity index (χ2v) is 7.39. The van der Waals surface area contributed by atoms with Crippen LogP contribution in [0, 0.1) is 0 Å². The van der Waals surface area contributed by atoms with E-state index in [2.05, 4.69) is 10.3 Å². The number of hydrogen-bond acceptors (Lipinski definition) is 9. The molecule has 2 heterocycles. The van der Waals surface area contributed by atoms with Gasteiger partial charge in [-0.25, -0.2) is 4.68 Å². The molecule has 3 rings (SSSR count). The fourth-order valence-electron chi connectivity index (χ4n) is 2.78. The number of ether oxygens (including phenoxy) is 2. The maximum atomic E-state index is 10.7. The molecule has 152 valence electrons. The van der Waals surface area contributed by atoms with E-state index in [1.54, 1.807) is 0 Å². The van der Waals surface area contributed by atoms with Gasteiger partial charge < -0.3 is 29.9 Å². The smallest absolute Gasteiger partial charge is 0.325 e. The zero-order chi connectivity index (χ0) is 20.1.